The lowest BCUT2D eigenvalue weighted by molar-refractivity contribution is 0.358. The molecule has 17 heavy (non-hydrogen) atoms. The van der Waals surface area contributed by atoms with E-state index in [1.807, 2.05) is 19.1 Å². The average Bonchev–Trinajstić information content (AvgIpc) is 2.70. The van der Waals surface area contributed by atoms with Crippen LogP contribution in [0.5, 0.6) is 0 Å². The first-order valence-electron chi connectivity index (χ1n) is 5.29. The molecule has 0 aliphatic heterocycles. The molecule has 0 aliphatic carbocycles. The Balaban J connectivity index is 0.00000144. The summed E-state index contributed by atoms with van der Waals surface area (Å²) in [5.74, 6) is 1.17. The van der Waals surface area contributed by atoms with Crippen LogP contribution in [-0.2, 0) is 6.42 Å². The lowest BCUT2D eigenvalue weighted by Gasteiger charge is -2.00. The number of nitrogens with two attached hydrogens (primary N) is 1. The highest BCUT2D eigenvalue weighted by Gasteiger charge is 2.10. The molecule has 1 aromatic carbocycles. The summed E-state index contributed by atoms with van der Waals surface area (Å²) < 4.78 is 5.05. The van der Waals surface area contributed by atoms with Gasteiger partial charge in [0.1, 0.15) is 0 Å². The van der Waals surface area contributed by atoms with Crippen LogP contribution in [0.4, 0.5) is 0 Å². The topological polar surface area (TPSA) is 64.9 Å². The van der Waals surface area contributed by atoms with Crippen molar-refractivity contribution in [3.05, 3.63) is 47.1 Å². The van der Waals surface area contributed by atoms with Gasteiger partial charge in [-0.2, -0.15) is 4.98 Å². The third kappa shape index (κ3) is 3.28. The normalized spacial score (nSPS) is 11.9. The van der Waals surface area contributed by atoms with Crippen LogP contribution in [0.1, 0.15) is 35.8 Å². The highest BCUT2D eigenvalue weighted by atomic mass is 35.5. The number of hydrogen-bond acceptors (Lipinski definition) is 4. The molecule has 0 unspecified atom stereocenters. The number of aryl methyl sites for hydroxylation is 1. The fraction of sp³-hybridized carbons (Fsp3) is 0.333. The van der Waals surface area contributed by atoms with Crippen molar-refractivity contribution in [1.82, 2.24) is 10.1 Å². The molecule has 0 bridgehead atoms. The van der Waals surface area contributed by atoms with Crippen LogP contribution in [-0.4, -0.2) is 10.1 Å². The predicted octanol–water partition coefficient (Wildman–Crippen LogP) is 2.41. The van der Waals surface area contributed by atoms with Gasteiger partial charge in [0.25, 0.3) is 0 Å². The molecule has 0 fully saturated rings. The van der Waals surface area contributed by atoms with Crippen molar-refractivity contribution in [1.29, 1.82) is 0 Å². The molecular weight excluding hydrogens is 238 g/mol. The Morgan fingerprint density at radius 2 is 2.06 bits per heavy atom. The van der Waals surface area contributed by atoms with E-state index < -0.39 is 0 Å². The smallest absolute Gasteiger partial charge is 0.243 e. The molecule has 0 saturated heterocycles. The van der Waals surface area contributed by atoms with E-state index in [2.05, 4.69) is 29.2 Å². The summed E-state index contributed by atoms with van der Waals surface area (Å²) in [6.45, 7) is 3.90. The van der Waals surface area contributed by atoms with Crippen molar-refractivity contribution in [2.24, 2.45) is 5.73 Å². The Labute approximate surface area is 107 Å². The summed E-state index contributed by atoms with van der Waals surface area (Å²) in [4.78, 5) is 4.24. The molecule has 2 aromatic rings. The Hall–Kier alpha value is -1.39. The van der Waals surface area contributed by atoms with Crippen LogP contribution in [0.15, 0.2) is 28.8 Å². The predicted molar refractivity (Wildman–Crippen MR) is 68.1 cm³/mol. The Morgan fingerprint density at radius 1 is 1.35 bits per heavy atom. The molecule has 0 saturated carbocycles. The van der Waals surface area contributed by atoms with Crippen molar-refractivity contribution < 1.29 is 4.52 Å². The lowest BCUT2D eigenvalue weighted by atomic mass is 10.1. The van der Waals surface area contributed by atoms with Crippen molar-refractivity contribution in [3.63, 3.8) is 0 Å². The minimum atomic E-state index is -0.210. The van der Waals surface area contributed by atoms with Crippen molar-refractivity contribution in [2.45, 2.75) is 26.3 Å². The Bertz CT molecular complexity index is 482. The van der Waals surface area contributed by atoms with E-state index in [1.54, 1.807) is 0 Å². The molecule has 2 rings (SSSR count). The Morgan fingerprint density at radius 3 is 2.65 bits per heavy atom. The first-order valence-corrected chi connectivity index (χ1v) is 5.29. The van der Waals surface area contributed by atoms with Gasteiger partial charge in [0.15, 0.2) is 5.82 Å². The van der Waals surface area contributed by atoms with Crippen LogP contribution >= 0.6 is 12.4 Å². The molecule has 0 amide bonds. The van der Waals surface area contributed by atoms with E-state index in [4.69, 9.17) is 10.3 Å². The van der Waals surface area contributed by atoms with Gasteiger partial charge in [0.05, 0.1) is 6.04 Å². The number of benzene rings is 1. The van der Waals surface area contributed by atoms with Crippen molar-refractivity contribution in [3.8, 4) is 0 Å². The monoisotopic (exact) mass is 253 g/mol. The number of halogens is 1. The zero-order chi connectivity index (χ0) is 11.5. The van der Waals surface area contributed by atoms with E-state index in [1.165, 1.54) is 11.1 Å². The second-order valence-corrected chi connectivity index (χ2v) is 3.94. The first kappa shape index (κ1) is 13.7. The van der Waals surface area contributed by atoms with Gasteiger partial charge in [-0.3, -0.25) is 0 Å². The highest BCUT2D eigenvalue weighted by molar-refractivity contribution is 5.85. The van der Waals surface area contributed by atoms with E-state index in [-0.39, 0.29) is 18.4 Å². The fourth-order valence-electron chi connectivity index (χ4n) is 1.50. The second-order valence-electron chi connectivity index (χ2n) is 3.94. The molecule has 4 nitrogen and oxygen atoms in total. The molecule has 5 heteroatoms. The van der Waals surface area contributed by atoms with E-state index in [0.717, 1.165) is 0 Å². The van der Waals surface area contributed by atoms with Gasteiger partial charge in [-0.1, -0.05) is 29.4 Å². The van der Waals surface area contributed by atoms with E-state index >= 15 is 0 Å². The summed E-state index contributed by atoms with van der Waals surface area (Å²) in [6.07, 6.45) is 0.683. The number of hydrogen-bond donors (Lipinski definition) is 1. The van der Waals surface area contributed by atoms with E-state index in [9.17, 15) is 0 Å². The number of rotatable bonds is 3. The quantitative estimate of drug-likeness (QED) is 0.912. The first-order chi connectivity index (χ1) is 7.66. The van der Waals surface area contributed by atoms with Crippen molar-refractivity contribution in [2.75, 3.05) is 0 Å². The van der Waals surface area contributed by atoms with Crippen molar-refractivity contribution >= 4 is 12.4 Å². The summed E-state index contributed by atoms with van der Waals surface area (Å²) in [5, 5.41) is 3.91. The summed E-state index contributed by atoms with van der Waals surface area (Å²) >= 11 is 0. The number of aromatic nitrogens is 2. The van der Waals surface area contributed by atoms with Gasteiger partial charge in [0.2, 0.25) is 5.89 Å². The van der Waals surface area contributed by atoms with Gasteiger partial charge >= 0.3 is 0 Å². The molecule has 1 aromatic heterocycles. The molecule has 0 aliphatic rings. The van der Waals surface area contributed by atoms with Gasteiger partial charge in [0, 0.05) is 6.42 Å². The molecule has 92 valence electrons. The van der Waals surface area contributed by atoms with Crippen LogP contribution < -0.4 is 5.73 Å². The maximum absolute atomic E-state index is 5.65. The molecule has 0 radical (unpaired) electrons. The summed E-state index contributed by atoms with van der Waals surface area (Å²) in [7, 11) is 0. The molecule has 1 heterocycles. The second kappa shape index (κ2) is 5.80. The van der Waals surface area contributed by atoms with Gasteiger partial charge in [-0.15, -0.1) is 12.4 Å². The fourth-order valence-corrected chi connectivity index (χ4v) is 1.50. The minimum absolute atomic E-state index is 0. The van der Waals surface area contributed by atoms with Gasteiger partial charge < -0.3 is 10.3 Å². The molecular formula is C12H16ClN3O. The zero-order valence-corrected chi connectivity index (χ0v) is 10.7. The molecule has 2 N–H and O–H groups in total. The maximum Gasteiger partial charge on any atom is 0.243 e. The highest BCUT2D eigenvalue weighted by Crippen LogP contribution is 2.13. The largest absolute Gasteiger partial charge is 0.338 e. The van der Waals surface area contributed by atoms with Gasteiger partial charge in [-0.05, 0) is 25.0 Å². The summed E-state index contributed by atoms with van der Waals surface area (Å²) in [5.41, 5.74) is 8.09. The third-order valence-electron chi connectivity index (χ3n) is 2.48. The minimum Gasteiger partial charge on any atom is -0.338 e. The third-order valence-corrected chi connectivity index (χ3v) is 2.48. The van der Waals surface area contributed by atoms with Crippen LogP contribution in [0.3, 0.4) is 0 Å². The maximum atomic E-state index is 5.65. The van der Waals surface area contributed by atoms with Crippen LogP contribution in [0.2, 0.25) is 0 Å². The van der Waals surface area contributed by atoms with Gasteiger partial charge in [-0.25, -0.2) is 0 Å². The summed E-state index contributed by atoms with van der Waals surface area (Å²) in [6, 6.07) is 7.95. The standard InChI is InChI=1S/C12H15N3O.ClH/c1-8-5-3-4-6-10(8)7-11-14-12(9(2)13)16-15-11;/h3-6,9H,7,13H2,1-2H3;1H/t9-;/m1./s1. The lowest BCUT2D eigenvalue weighted by Crippen LogP contribution is -2.05. The molecule has 0 spiro atoms. The molecule has 1 atom stereocenters. The van der Waals surface area contributed by atoms with E-state index in [0.29, 0.717) is 18.1 Å². The number of nitrogens with zero attached hydrogens (tertiary/aromatic N) is 2. The average molecular weight is 254 g/mol. The van der Waals surface area contributed by atoms with Crippen LogP contribution in [0.25, 0.3) is 0 Å². The zero-order valence-electron chi connectivity index (χ0n) is 9.88. The SMILES string of the molecule is Cc1ccccc1Cc1noc([C@@H](C)N)n1.Cl. The van der Waals surface area contributed by atoms with Crippen LogP contribution in [0, 0.1) is 6.92 Å². The Kier molecular flexibility index (Phi) is 4.66.